The van der Waals surface area contributed by atoms with Crippen LogP contribution in [0.1, 0.15) is 26.2 Å². The average Bonchev–Trinajstić information content (AvgIpc) is 2.49. The second-order valence-corrected chi connectivity index (χ2v) is 4.86. The van der Waals surface area contributed by atoms with Gasteiger partial charge in [-0.2, -0.15) is 0 Å². The van der Waals surface area contributed by atoms with Crippen LogP contribution in [-0.2, 0) is 9.47 Å². The van der Waals surface area contributed by atoms with Gasteiger partial charge in [0.1, 0.15) is 0 Å². The number of methoxy groups -OCH3 is 1. The maximum absolute atomic E-state index is 8.88. The van der Waals surface area contributed by atoms with E-state index in [1.807, 2.05) is 0 Å². The minimum Gasteiger partial charge on any atom is -0.394 e. The van der Waals surface area contributed by atoms with Crippen LogP contribution in [0.4, 0.5) is 0 Å². The quantitative estimate of drug-likeness (QED) is 0.269. The number of likely N-dealkylation sites (tertiary alicyclic amines) is 1. The minimum atomic E-state index is 0. The molecule has 7 heteroatoms. The Kier molecular flexibility index (Phi) is 13.5. The van der Waals surface area contributed by atoms with Crippen LogP contribution in [0.2, 0.25) is 0 Å². The lowest BCUT2D eigenvalue weighted by atomic mass is 10.1. The number of halogens is 1. The molecular formula is C14H30IN3O3. The van der Waals surface area contributed by atoms with Gasteiger partial charge in [0.2, 0.25) is 0 Å². The molecule has 0 atom stereocenters. The second-order valence-electron chi connectivity index (χ2n) is 4.86. The summed E-state index contributed by atoms with van der Waals surface area (Å²) >= 11 is 0. The van der Waals surface area contributed by atoms with Crippen LogP contribution in [0.15, 0.2) is 4.99 Å². The molecule has 21 heavy (non-hydrogen) atoms. The molecule has 1 rings (SSSR count). The van der Waals surface area contributed by atoms with Crippen molar-refractivity contribution in [3.8, 4) is 0 Å². The number of aliphatic imine (C=N–C) groups is 1. The normalized spacial score (nSPS) is 16.7. The summed E-state index contributed by atoms with van der Waals surface area (Å²) in [5, 5.41) is 12.2. The van der Waals surface area contributed by atoms with Gasteiger partial charge in [0.25, 0.3) is 0 Å². The summed E-state index contributed by atoms with van der Waals surface area (Å²) in [6.45, 7) is 6.88. The summed E-state index contributed by atoms with van der Waals surface area (Å²) < 4.78 is 10.9. The molecule has 0 aromatic carbocycles. The van der Waals surface area contributed by atoms with Gasteiger partial charge in [-0.05, 0) is 26.2 Å². The average molecular weight is 415 g/mol. The van der Waals surface area contributed by atoms with Gasteiger partial charge in [-0.15, -0.1) is 24.0 Å². The number of aliphatic hydroxyl groups is 1. The lowest BCUT2D eigenvalue weighted by molar-refractivity contribution is 0.00989. The molecule has 2 N–H and O–H groups in total. The van der Waals surface area contributed by atoms with Crippen molar-refractivity contribution in [1.82, 2.24) is 10.2 Å². The highest BCUT2D eigenvalue weighted by molar-refractivity contribution is 14.0. The van der Waals surface area contributed by atoms with E-state index in [0.717, 1.165) is 58.1 Å². The molecule has 0 bridgehead atoms. The second kappa shape index (κ2) is 13.5. The zero-order valence-electron chi connectivity index (χ0n) is 13.2. The van der Waals surface area contributed by atoms with Gasteiger partial charge in [0.05, 0.1) is 19.3 Å². The standard InChI is InChI=1S/C14H29N3O3.HI/c1-3-15-14(16-7-10-18)17-8-5-13(6-9-17)20-12-4-11-19-2;/h13,18H,3-12H2,1-2H3,(H,15,16);1H. The molecule has 1 fully saturated rings. The van der Waals surface area contributed by atoms with Gasteiger partial charge >= 0.3 is 0 Å². The number of nitrogens with zero attached hydrogens (tertiary/aromatic N) is 2. The predicted molar refractivity (Wildman–Crippen MR) is 95.5 cm³/mol. The fourth-order valence-electron chi connectivity index (χ4n) is 2.27. The number of ether oxygens (including phenoxy) is 2. The minimum absolute atomic E-state index is 0. The van der Waals surface area contributed by atoms with Crippen molar-refractivity contribution < 1.29 is 14.6 Å². The zero-order chi connectivity index (χ0) is 14.6. The van der Waals surface area contributed by atoms with E-state index in [2.05, 4.69) is 22.1 Å². The Morgan fingerprint density at radius 3 is 2.62 bits per heavy atom. The van der Waals surface area contributed by atoms with Gasteiger partial charge in [0.15, 0.2) is 5.96 Å². The zero-order valence-corrected chi connectivity index (χ0v) is 15.5. The van der Waals surface area contributed by atoms with Crippen LogP contribution in [0, 0.1) is 0 Å². The Labute approximate surface area is 145 Å². The summed E-state index contributed by atoms with van der Waals surface area (Å²) in [5.41, 5.74) is 0. The Morgan fingerprint density at radius 1 is 1.33 bits per heavy atom. The first-order valence-corrected chi connectivity index (χ1v) is 7.56. The molecule has 0 aromatic heterocycles. The van der Waals surface area contributed by atoms with Crippen molar-refractivity contribution in [2.45, 2.75) is 32.3 Å². The molecule has 0 saturated carbocycles. The van der Waals surface area contributed by atoms with Crippen LogP contribution >= 0.6 is 24.0 Å². The van der Waals surface area contributed by atoms with E-state index < -0.39 is 0 Å². The summed E-state index contributed by atoms with van der Waals surface area (Å²) in [6.07, 6.45) is 3.36. The van der Waals surface area contributed by atoms with E-state index in [0.29, 0.717) is 12.6 Å². The van der Waals surface area contributed by atoms with Crippen molar-refractivity contribution in [3.63, 3.8) is 0 Å². The van der Waals surface area contributed by atoms with Gasteiger partial charge in [0, 0.05) is 40.0 Å². The fraction of sp³-hybridized carbons (Fsp3) is 0.929. The number of piperidine rings is 1. The number of guanidine groups is 1. The van der Waals surface area contributed by atoms with Crippen molar-refractivity contribution in [2.75, 3.05) is 53.1 Å². The number of hydrogen-bond acceptors (Lipinski definition) is 4. The smallest absolute Gasteiger partial charge is 0.193 e. The number of nitrogens with one attached hydrogen (secondary N) is 1. The van der Waals surface area contributed by atoms with Crippen molar-refractivity contribution >= 4 is 29.9 Å². The summed E-state index contributed by atoms with van der Waals surface area (Å²) in [6, 6.07) is 0. The van der Waals surface area contributed by atoms with Crippen molar-refractivity contribution in [3.05, 3.63) is 0 Å². The molecule has 1 aliphatic rings. The fourth-order valence-corrected chi connectivity index (χ4v) is 2.27. The van der Waals surface area contributed by atoms with Crippen LogP contribution in [0.25, 0.3) is 0 Å². The Balaban J connectivity index is 0.00000400. The molecule has 1 saturated heterocycles. The Bertz CT molecular complexity index is 272. The molecule has 1 aliphatic heterocycles. The molecule has 0 radical (unpaired) electrons. The highest BCUT2D eigenvalue weighted by Gasteiger charge is 2.21. The van der Waals surface area contributed by atoms with Crippen molar-refractivity contribution in [2.24, 2.45) is 4.99 Å². The van der Waals surface area contributed by atoms with E-state index in [-0.39, 0.29) is 30.6 Å². The molecule has 1 heterocycles. The molecule has 0 amide bonds. The highest BCUT2D eigenvalue weighted by atomic mass is 127. The van der Waals surface area contributed by atoms with Crippen molar-refractivity contribution in [1.29, 1.82) is 0 Å². The van der Waals surface area contributed by atoms with E-state index >= 15 is 0 Å². The molecule has 0 aliphatic carbocycles. The van der Waals surface area contributed by atoms with Crippen LogP contribution in [-0.4, -0.2) is 75.2 Å². The summed E-state index contributed by atoms with van der Waals surface area (Å²) in [7, 11) is 1.71. The third-order valence-corrected chi connectivity index (χ3v) is 3.28. The maximum Gasteiger partial charge on any atom is 0.193 e. The van der Waals surface area contributed by atoms with Gasteiger partial charge in [-0.25, -0.2) is 0 Å². The summed E-state index contributed by atoms with van der Waals surface area (Å²) in [5.74, 6) is 0.902. The highest BCUT2D eigenvalue weighted by Crippen LogP contribution is 2.14. The van der Waals surface area contributed by atoms with E-state index in [1.165, 1.54) is 0 Å². The van der Waals surface area contributed by atoms with E-state index in [4.69, 9.17) is 14.6 Å². The van der Waals surface area contributed by atoms with Crippen LogP contribution < -0.4 is 5.32 Å². The van der Waals surface area contributed by atoms with Crippen LogP contribution in [0.5, 0.6) is 0 Å². The number of aliphatic hydroxyl groups excluding tert-OH is 1. The number of rotatable bonds is 8. The Hall–Kier alpha value is -0.120. The predicted octanol–water partition coefficient (Wildman–Crippen LogP) is 1.08. The van der Waals surface area contributed by atoms with E-state index in [9.17, 15) is 0 Å². The largest absolute Gasteiger partial charge is 0.394 e. The molecule has 0 aromatic rings. The monoisotopic (exact) mass is 415 g/mol. The lowest BCUT2D eigenvalue weighted by Gasteiger charge is -2.34. The first-order chi connectivity index (χ1) is 9.81. The lowest BCUT2D eigenvalue weighted by Crippen LogP contribution is -2.47. The molecule has 0 unspecified atom stereocenters. The molecule has 0 spiro atoms. The third kappa shape index (κ3) is 8.80. The molecular weight excluding hydrogens is 385 g/mol. The van der Waals surface area contributed by atoms with Gasteiger partial charge < -0.3 is 24.8 Å². The van der Waals surface area contributed by atoms with Crippen LogP contribution in [0.3, 0.4) is 0 Å². The maximum atomic E-state index is 8.88. The molecule has 6 nitrogen and oxygen atoms in total. The number of hydrogen-bond donors (Lipinski definition) is 2. The topological polar surface area (TPSA) is 66.3 Å². The SMILES string of the molecule is CCNC(=NCCO)N1CCC(OCCCOC)CC1.I. The van der Waals surface area contributed by atoms with E-state index in [1.54, 1.807) is 7.11 Å². The first-order valence-electron chi connectivity index (χ1n) is 7.56. The first kappa shape index (κ1) is 20.9. The summed E-state index contributed by atoms with van der Waals surface area (Å²) in [4.78, 5) is 6.64. The molecule has 126 valence electrons. The van der Waals surface area contributed by atoms with Gasteiger partial charge in [-0.3, -0.25) is 4.99 Å². The van der Waals surface area contributed by atoms with Gasteiger partial charge in [-0.1, -0.05) is 0 Å². The third-order valence-electron chi connectivity index (χ3n) is 3.28. The Morgan fingerprint density at radius 2 is 2.05 bits per heavy atom.